The summed E-state index contributed by atoms with van der Waals surface area (Å²) in [6.45, 7) is 3.71. The molecule has 27 heavy (non-hydrogen) atoms. The molecule has 0 amide bonds. The van der Waals surface area contributed by atoms with Gasteiger partial charge in [0.2, 0.25) is 5.78 Å². The summed E-state index contributed by atoms with van der Waals surface area (Å²) in [5.74, 6) is 0.524. The summed E-state index contributed by atoms with van der Waals surface area (Å²) in [6, 6.07) is 10.0. The standard InChI is InChI=1S/C19H16BrNO5S/c1-11-15(12(2)26-21-11)9-24-14-5-3-13(4-6-14)19(23)25-10-16(22)17-7-8-18(20)27-17/h3-8H,9-10H2,1-2H3. The summed E-state index contributed by atoms with van der Waals surface area (Å²) in [7, 11) is 0. The maximum absolute atomic E-state index is 12.1. The minimum atomic E-state index is -0.559. The van der Waals surface area contributed by atoms with Gasteiger partial charge in [-0.15, -0.1) is 11.3 Å². The average molecular weight is 450 g/mol. The first-order valence-corrected chi connectivity index (χ1v) is 9.65. The third-order valence-electron chi connectivity index (χ3n) is 3.84. The van der Waals surface area contributed by atoms with Crippen LogP contribution in [0.1, 0.15) is 37.0 Å². The van der Waals surface area contributed by atoms with Crippen LogP contribution in [0.2, 0.25) is 0 Å². The zero-order chi connectivity index (χ0) is 19.4. The van der Waals surface area contributed by atoms with Crippen molar-refractivity contribution in [2.24, 2.45) is 0 Å². The van der Waals surface area contributed by atoms with Gasteiger partial charge in [-0.25, -0.2) is 4.79 Å². The normalized spacial score (nSPS) is 10.6. The number of aromatic nitrogens is 1. The number of esters is 1. The van der Waals surface area contributed by atoms with Crippen LogP contribution >= 0.6 is 27.3 Å². The van der Waals surface area contributed by atoms with E-state index in [1.807, 2.05) is 13.8 Å². The molecule has 0 saturated carbocycles. The summed E-state index contributed by atoms with van der Waals surface area (Å²) in [5.41, 5.74) is 2.03. The van der Waals surface area contributed by atoms with Gasteiger partial charge in [0.1, 0.15) is 18.1 Å². The molecule has 8 heteroatoms. The lowest BCUT2D eigenvalue weighted by atomic mass is 10.2. The highest BCUT2D eigenvalue weighted by atomic mass is 79.9. The van der Waals surface area contributed by atoms with Gasteiger partial charge in [0, 0.05) is 0 Å². The molecule has 3 rings (SSSR count). The summed E-state index contributed by atoms with van der Waals surface area (Å²) in [6.07, 6.45) is 0. The van der Waals surface area contributed by atoms with Gasteiger partial charge in [-0.1, -0.05) is 5.16 Å². The number of hydrogen-bond donors (Lipinski definition) is 0. The van der Waals surface area contributed by atoms with E-state index < -0.39 is 5.97 Å². The fourth-order valence-electron chi connectivity index (χ4n) is 2.30. The zero-order valence-corrected chi connectivity index (χ0v) is 17.1. The zero-order valence-electron chi connectivity index (χ0n) is 14.7. The summed E-state index contributed by atoms with van der Waals surface area (Å²) >= 11 is 4.59. The molecule has 1 aromatic carbocycles. The minimum Gasteiger partial charge on any atom is -0.489 e. The Morgan fingerprint density at radius 3 is 2.48 bits per heavy atom. The molecule has 0 aliphatic heterocycles. The highest BCUT2D eigenvalue weighted by Crippen LogP contribution is 2.23. The van der Waals surface area contributed by atoms with Gasteiger partial charge < -0.3 is 14.0 Å². The van der Waals surface area contributed by atoms with Crippen LogP contribution in [0.5, 0.6) is 5.75 Å². The Bertz CT molecular complexity index is 941. The van der Waals surface area contributed by atoms with E-state index in [9.17, 15) is 9.59 Å². The number of thiophene rings is 1. The maximum atomic E-state index is 12.1. The molecular formula is C19H16BrNO5S. The van der Waals surface area contributed by atoms with Gasteiger partial charge in [0.25, 0.3) is 0 Å². The number of benzene rings is 1. The van der Waals surface area contributed by atoms with Crippen molar-refractivity contribution in [3.8, 4) is 5.75 Å². The minimum absolute atomic E-state index is 0.238. The highest BCUT2D eigenvalue weighted by Gasteiger charge is 2.14. The fraction of sp³-hybridized carbons (Fsp3) is 0.211. The van der Waals surface area contributed by atoms with E-state index in [4.69, 9.17) is 14.0 Å². The number of halogens is 1. The van der Waals surface area contributed by atoms with Crippen molar-refractivity contribution in [3.05, 3.63) is 67.6 Å². The lowest BCUT2D eigenvalue weighted by Gasteiger charge is -2.07. The van der Waals surface area contributed by atoms with Crippen molar-refractivity contribution in [2.45, 2.75) is 20.5 Å². The molecule has 140 valence electrons. The fourth-order valence-corrected chi connectivity index (χ4v) is 3.61. The molecule has 0 N–H and O–H groups in total. The van der Waals surface area contributed by atoms with E-state index in [2.05, 4.69) is 21.1 Å². The third-order valence-corrected chi connectivity index (χ3v) is 5.50. The lowest BCUT2D eigenvalue weighted by molar-refractivity contribution is 0.0476. The number of ether oxygens (including phenoxy) is 2. The number of ketones is 1. The van der Waals surface area contributed by atoms with E-state index in [-0.39, 0.29) is 12.4 Å². The van der Waals surface area contributed by atoms with Crippen molar-refractivity contribution in [1.82, 2.24) is 5.16 Å². The van der Waals surface area contributed by atoms with Gasteiger partial charge >= 0.3 is 5.97 Å². The lowest BCUT2D eigenvalue weighted by Crippen LogP contribution is -2.13. The molecule has 0 unspecified atom stereocenters. The smallest absolute Gasteiger partial charge is 0.338 e. The van der Waals surface area contributed by atoms with Gasteiger partial charge in [-0.05, 0) is 66.2 Å². The van der Waals surface area contributed by atoms with Crippen LogP contribution in [0.3, 0.4) is 0 Å². The molecule has 0 atom stereocenters. The SMILES string of the molecule is Cc1noc(C)c1COc1ccc(C(=O)OCC(=O)c2ccc(Br)s2)cc1. The predicted octanol–water partition coefficient (Wildman–Crippen LogP) is 4.73. The van der Waals surface area contributed by atoms with Crippen LogP contribution in [0.25, 0.3) is 0 Å². The van der Waals surface area contributed by atoms with E-state index in [0.717, 1.165) is 20.8 Å². The summed E-state index contributed by atoms with van der Waals surface area (Å²) in [5, 5.41) is 3.88. The van der Waals surface area contributed by atoms with E-state index in [0.29, 0.717) is 22.8 Å². The van der Waals surface area contributed by atoms with Gasteiger partial charge in [0.05, 0.1) is 25.5 Å². The number of aryl methyl sites for hydroxylation is 2. The Hall–Kier alpha value is -2.45. The Morgan fingerprint density at radius 2 is 1.89 bits per heavy atom. The number of nitrogens with zero attached hydrogens (tertiary/aromatic N) is 1. The quantitative estimate of drug-likeness (QED) is 0.383. The first-order valence-electron chi connectivity index (χ1n) is 8.04. The van der Waals surface area contributed by atoms with Gasteiger partial charge in [-0.2, -0.15) is 0 Å². The van der Waals surface area contributed by atoms with E-state index in [1.165, 1.54) is 11.3 Å². The predicted molar refractivity (Wildman–Crippen MR) is 103 cm³/mol. The van der Waals surface area contributed by atoms with Crippen LogP contribution in [0, 0.1) is 13.8 Å². The molecular weight excluding hydrogens is 434 g/mol. The first kappa shape index (κ1) is 19.3. The summed E-state index contributed by atoms with van der Waals surface area (Å²) < 4.78 is 16.7. The molecule has 0 spiro atoms. The van der Waals surface area contributed by atoms with Gasteiger partial charge in [0.15, 0.2) is 6.61 Å². The second-order valence-electron chi connectivity index (χ2n) is 5.72. The van der Waals surface area contributed by atoms with Crippen molar-refractivity contribution in [2.75, 3.05) is 6.61 Å². The molecule has 2 heterocycles. The Kier molecular flexibility index (Phi) is 6.08. The average Bonchev–Trinajstić information content (AvgIpc) is 3.24. The van der Waals surface area contributed by atoms with Gasteiger partial charge in [-0.3, -0.25) is 4.79 Å². The summed E-state index contributed by atoms with van der Waals surface area (Å²) in [4.78, 5) is 24.6. The molecule has 0 bridgehead atoms. The second kappa shape index (κ2) is 8.49. The number of hydrogen-bond acceptors (Lipinski definition) is 7. The number of carbonyl (C=O) groups excluding carboxylic acids is 2. The van der Waals surface area contributed by atoms with Crippen LogP contribution < -0.4 is 4.74 Å². The largest absolute Gasteiger partial charge is 0.489 e. The maximum Gasteiger partial charge on any atom is 0.338 e. The molecule has 0 aliphatic carbocycles. The molecule has 0 aliphatic rings. The molecule has 0 fully saturated rings. The molecule has 0 saturated heterocycles. The third kappa shape index (κ3) is 4.84. The highest BCUT2D eigenvalue weighted by molar-refractivity contribution is 9.11. The number of rotatable bonds is 7. The van der Waals surface area contributed by atoms with Crippen molar-refractivity contribution in [1.29, 1.82) is 0 Å². The molecule has 0 radical (unpaired) electrons. The Labute approximate surface area is 168 Å². The van der Waals surface area contributed by atoms with Crippen LogP contribution in [-0.2, 0) is 11.3 Å². The van der Waals surface area contributed by atoms with Crippen molar-refractivity contribution < 1.29 is 23.6 Å². The number of Topliss-reactive ketones (excluding diaryl/α,β-unsaturated/α-hetero) is 1. The first-order chi connectivity index (χ1) is 12.9. The monoisotopic (exact) mass is 449 g/mol. The Morgan fingerprint density at radius 1 is 1.15 bits per heavy atom. The topological polar surface area (TPSA) is 78.6 Å². The molecule has 2 aromatic heterocycles. The Balaban J connectivity index is 1.53. The van der Waals surface area contributed by atoms with Crippen LogP contribution in [0.4, 0.5) is 0 Å². The second-order valence-corrected chi connectivity index (χ2v) is 8.18. The molecule has 6 nitrogen and oxygen atoms in total. The van der Waals surface area contributed by atoms with E-state index >= 15 is 0 Å². The van der Waals surface area contributed by atoms with Crippen molar-refractivity contribution in [3.63, 3.8) is 0 Å². The van der Waals surface area contributed by atoms with Crippen LogP contribution in [-0.4, -0.2) is 23.5 Å². The molecule has 3 aromatic rings. The van der Waals surface area contributed by atoms with Crippen molar-refractivity contribution >= 4 is 39.0 Å². The van der Waals surface area contributed by atoms with Crippen LogP contribution in [0.15, 0.2) is 44.7 Å². The number of carbonyl (C=O) groups is 2. The van der Waals surface area contributed by atoms with E-state index in [1.54, 1.807) is 36.4 Å².